The number of halogens is 2. The van der Waals surface area contributed by atoms with Crippen molar-refractivity contribution in [1.29, 1.82) is 5.26 Å². The molecular weight excluding hydrogens is 449 g/mol. The van der Waals surface area contributed by atoms with Crippen LogP contribution in [-0.2, 0) is 9.53 Å². The Morgan fingerprint density at radius 2 is 1.90 bits per heavy atom. The number of ether oxygens (including phenoxy) is 2. The van der Waals surface area contributed by atoms with Gasteiger partial charge < -0.3 is 14.4 Å². The van der Waals surface area contributed by atoms with Gasteiger partial charge in [-0.1, -0.05) is 23.2 Å². The molecule has 1 aromatic carbocycles. The maximum absolute atomic E-state index is 11.9. The number of nitrogens with zero attached hydrogens (tertiary/aromatic N) is 5. The second-order valence-electron chi connectivity index (χ2n) is 5.84. The SMILES string of the molecule is CCOC(=O)NC(=O)C(C#N)=NNc1cc(Cl)c(Oc2cc(N(C)C)ncn2)c(Cl)c1. The van der Waals surface area contributed by atoms with E-state index >= 15 is 0 Å². The van der Waals surface area contributed by atoms with Crippen LogP contribution in [0.2, 0.25) is 10.0 Å². The Hall–Kier alpha value is -3.62. The first-order valence-corrected chi connectivity index (χ1v) is 9.38. The van der Waals surface area contributed by atoms with Gasteiger partial charge in [0.1, 0.15) is 18.2 Å². The van der Waals surface area contributed by atoms with Crippen LogP contribution in [0, 0.1) is 11.3 Å². The van der Waals surface area contributed by atoms with Gasteiger partial charge in [-0.25, -0.2) is 14.8 Å². The van der Waals surface area contributed by atoms with E-state index in [9.17, 15) is 9.59 Å². The van der Waals surface area contributed by atoms with Crippen molar-refractivity contribution in [3.63, 3.8) is 0 Å². The number of carbonyl (C=O) groups excluding carboxylic acids is 2. The fourth-order valence-electron chi connectivity index (χ4n) is 2.02. The van der Waals surface area contributed by atoms with Crippen molar-refractivity contribution in [1.82, 2.24) is 15.3 Å². The molecule has 1 heterocycles. The summed E-state index contributed by atoms with van der Waals surface area (Å²) in [4.78, 5) is 33.0. The molecule has 0 atom stereocenters. The van der Waals surface area contributed by atoms with Crippen LogP contribution in [0.1, 0.15) is 6.92 Å². The van der Waals surface area contributed by atoms with E-state index in [-0.39, 0.29) is 34.0 Å². The zero-order valence-electron chi connectivity index (χ0n) is 16.6. The standard InChI is InChI=1S/C18H17Cl2N7O4/c1-4-30-18(29)24-17(28)13(8-21)26-25-10-5-11(19)16(12(20)6-10)31-15-7-14(27(2)3)22-9-23-15/h5-7,9,25H,4H2,1-3H3,(H,24,28,29). The molecule has 0 aliphatic carbocycles. The molecule has 13 heteroatoms. The van der Waals surface area contributed by atoms with Gasteiger partial charge in [-0.15, -0.1) is 0 Å². The van der Waals surface area contributed by atoms with Crippen molar-refractivity contribution in [2.75, 3.05) is 31.0 Å². The highest BCUT2D eigenvalue weighted by atomic mass is 35.5. The highest BCUT2D eigenvalue weighted by molar-refractivity contribution is 6.47. The molecule has 0 fully saturated rings. The highest BCUT2D eigenvalue weighted by Crippen LogP contribution is 2.38. The van der Waals surface area contributed by atoms with Crippen molar-refractivity contribution >= 4 is 52.4 Å². The molecule has 11 nitrogen and oxygen atoms in total. The van der Waals surface area contributed by atoms with Crippen LogP contribution in [0.3, 0.4) is 0 Å². The molecule has 0 spiro atoms. The number of hydrazone groups is 1. The van der Waals surface area contributed by atoms with Gasteiger partial charge in [0.25, 0.3) is 5.91 Å². The minimum atomic E-state index is -1.04. The Labute approximate surface area is 187 Å². The van der Waals surface area contributed by atoms with Gasteiger partial charge in [0.05, 0.1) is 22.3 Å². The van der Waals surface area contributed by atoms with Crippen molar-refractivity contribution < 1.29 is 19.1 Å². The summed E-state index contributed by atoms with van der Waals surface area (Å²) in [5, 5.41) is 14.8. The largest absolute Gasteiger partial charge is 0.450 e. The molecule has 0 aliphatic heterocycles. The number of nitrogens with one attached hydrogen (secondary N) is 2. The van der Waals surface area contributed by atoms with Gasteiger partial charge in [0.2, 0.25) is 11.6 Å². The lowest BCUT2D eigenvalue weighted by Gasteiger charge is -2.13. The van der Waals surface area contributed by atoms with Crippen LogP contribution in [-0.4, -0.2) is 48.4 Å². The second kappa shape index (κ2) is 11.0. The molecule has 31 heavy (non-hydrogen) atoms. The molecule has 2 N–H and O–H groups in total. The third-order valence-electron chi connectivity index (χ3n) is 3.40. The number of anilines is 2. The maximum Gasteiger partial charge on any atom is 0.414 e. The number of carbonyl (C=O) groups is 2. The lowest BCUT2D eigenvalue weighted by molar-refractivity contribution is -0.114. The predicted molar refractivity (Wildman–Crippen MR) is 115 cm³/mol. The van der Waals surface area contributed by atoms with Crippen LogP contribution in [0.25, 0.3) is 0 Å². The Morgan fingerprint density at radius 1 is 1.23 bits per heavy atom. The topological polar surface area (TPSA) is 142 Å². The van der Waals surface area contributed by atoms with E-state index in [1.165, 1.54) is 18.5 Å². The van der Waals surface area contributed by atoms with Crippen molar-refractivity contribution in [3.05, 3.63) is 34.6 Å². The fraction of sp³-hybridized carbons (Fsp3) is 0.222. The van der Waals surface area contributed by atoms with Crippen LogP contribution in [0.4, 0.5) is 16.3 Å². The third-order valence-corrected chi connectivity index (χ3v) is 3.96. The molecule has 0 radical (unpaired) electrons. The summed E-state index contributed by atoms with van der Waals surface area (Å²) in [7, 11) is 3.63. The summed E-state index contributed by atoms with van der Waals surface area (Å²) in [6.07, 6.45) is 0.340. The van der Waals surface area contributed by atoms with Crippen LogP contribution in [0.15, 0.2) is 29.6 Å². The molecule has 2 amide bonds. The number of rotatable bonds is 7. The van der Waals surface area contributed by atoms with E-state index in [1.807, 2.05) is 19.4 Å². The highest BCUT2D eigenvalue weighted by Gasteiger charge is 2.16. The third kappa shape index (κ3) is 6.70. The van der Waals surface area contributed by atoms with E-state index in [0.29, 0.717) is 5.82 Å². The summed E-state index contributed by atoms with van der Waals surface area (Å²) < 4.78 is 10.2. The van der Waals surface area contributed by atoms with Gasteiger partial charge >= 0.3 is 6.09 Å². The van der Waals surface area contributed by atoms with Crippen LogP contribution < -0.4 is 20.4 Å². The van der Waals surface area contributed by atoms with Crippen LogP contribution >= 0.6 is 23.2 Å². The zero-order valence-corrected chi connectivity index (χ0v) is 18.2. The number of aromatic nitrogens is 2. The van der Waals surface area contributed by atoms with Crippen molar-refractivity contribution in [3.8, 4) is 17.7 Å². The molecule has 162 valence electrons. The minimum Gasteiger partial charge on any atom is -0.450 e. The van der Waals surface area contributed by atoms with Gasteiger partial charge in [-0.3, -0.25) is 15.5 Å². The predicted octanol–water partition coefficient (Wildman–Crippen LogP) is 3.21. The zero-order chi connectivity index (χ0) is 23.0. The minimum absolute atomic E-state index is 0.0628. The molecule has 0 saturated carbocycles. The van der Waals surface area contributed by atoms with Crippen molar-refractivity contribution in [2.24, 2.45) is 5.10 Å². The van der Waals surface area contributed by atoms with Gasteiger partial charge in [0.15, 0.2) is 5.75 Å². The quantitative estimate of drug-likeness (QED) is 0.465. The maximum atomic E-state index is 11.9. The molecule has 0 unspecified atom stereocenters. The smallest absolute Gasteiger partial charge is 0.414 e. The number of hydrogen-bond donors (Lipinski definition) is 2. The monoisotopic (exact) mass is 465 g/mol. The molecule has 0 aliphatic rings. The molecule has 0 saturated heterocycles. The van der Waals surface area contributed by atoms with E-state index in [2.05, 4.69) is 25.2 Å². The normalized spacial score (nSPS) is 10.6. The van der Waals surface area contributed by atoms with E-state index < -0.39 is 17.7 Å². The average molecular weight is 466 g/mol. The Bertz CT molecular complexity index is 1030. The summed E-state index contributed by atoms with van der Waals surface area (Å²) >= 11 is 12.5. The fourth-order valence-corrected chi connectivity index (χ4v) is 2.59. The summed E-state index contributed by atoms with van der Waals surface area (Å²) in [6.45, 7) is 1.63. The first-order valence-electron chi connectivity index (χ1n) is 8.63. The van der Waals surface area contributed by atoms with E-state index in [1.54, 1.807) is 24.0 Å². The van der Waals surface area contributed by atoms with Gasteiger partial charge in [-0.05, 0) is 19.1 Å². The summed E-state index contributed by atoms with van der Waals surface area (Å²) in [5.74, 6) is -0.0495. The van der Waals surface area contributed by atoms with Crippen LogP contribution in [0.5, 0.6) is 11.6 Å². The average Bonchev–Trinajstić information content (AvgIpc) is 2.71. The lowest BCUT2D eigenvalue weighted by Crippen LogP contribution is -2.36. The number of alkyl carbamates (subject to hydrolysis) is 1. The molecular formula is C18H17Cl2N7O4. The Balaban J connectivity index is 2.17. The van der Waals surface area contributed by atoms with Crippen molar-refractivity contribution in [2.45, 2.75) is 6.92 Å². The van der Waals surface area contributed by atoms with Gasteiger partial charge in [-0.2, -0.15) is 10.4 Å². The Morgan fingerprint density at radius 3 is 2.48 bits per heavy atom. The second-order valence-corrected chi connectivity index (χ2v) is 6.65. The summed E-state index contributed by atoms with van der Waals surface area (Å²) in [6, 6.07) is 6.00. The first kappa shape index (κ1) is 23.7. The number of nitriles is 1. The molecule has 2 rings (SSSR count). The number of amides is 2. The molecule has 1 aromatic heterocycles. The Kier molecular flexibility index (Phi) is 8.36. The van der Waals surface area contributed by atoms with E-state index in [0.717, 1.165) is 0 Å². The first-order chi connectivity index (χ1) is 14.7. The lowest BCUT2D eigenvalue weighted by atomic mass is 10.3. The number of benzene rings is 1. The van der Waals surface area contributed by atoms with E-state index in [4.69, 9.17) is 33.2 Å². The number of hydrogen-bond acceptors (Lipinski definition) is 10. The number of imide groups is 1. The molecule has 0 bridgehead atoms. The molecule has 2 aromatic rings. The summed E-state index contributed by atoms with van der Waals surface area (Å²) in [5.41, 5.74) is 2.12. The van der Waals surface area contributed by atoms with Gasteiger partial charge in [0, 0.05) is 20.2 Å².